The maximum absolute atomic E-state index is 12.9. The predicted molar refractivity (Wildman–Crippen MR) is 99.1 cm³/mol. The molecule has 2 amide bonds. The van der Waals surface area contributed by atoms with Crippen LogP contribution in [0, 0.1) is 5.82 Å². The number of hydrogen-bond donors (Lipinski definition) is 1. The van der Waals surface area contributed by atoms with Gasteiger partial charge in [-0.25, -0.2) is 4.39 Å². The van der Waals surface area contributed by atoms with Crippen LogP contribution in [0.15, 0.2) is 47.1 Å². The zero-order chi connectivity index (χ0) is 19.9. The SMILES string of the molecule is CN(Cc1ccco1)C(=O)COCc1nnc(C(=O)Nc2ccc(F)cc2)s1. The molecular formula is C18H17FN4O4S. The summed E-state index contributed by atoms with van der Waals surface area (Å²) in [4.78, 5) is 25.7. The molecular weight excluding hydrogens is 387 g/mol. The lowest BCUT2D eigenvalue weighted by molar-refractivity contribution is -0.136. The summed E-state index contributed by atoms with van der Waals surface area (Å²) in [5, 5.41) is 10.9. The second-order valence-electron chi connectivity index (χ2n) is 5.78. The van der Waals surface area contributed by atoms with Gasteiger partial charge in [0.15, 0.2) is 0 Å². The monoisotopic (exact) mass is 404 g/mol. The van der Waals surface area contributed by atoms with E-state index in [0.29, 0.717) is 23.0 Å². The first-order valence-electron chi connectivity index (χ1n) is 8.24. The van der Waals surface area contributed by atoms with E-state index in [2.05, 4.69) is 15.5 Å². The van der Waals surface area contributed by atoms with Crippen molar-refractivity contribution in [2.24, 2.45) is 0 Å². The van der Waals surface area contributed by atoms with E-state index in [1.165, 1.54) is 29.2 Å². The van der Waals surface area contributed by atoms with Gasteiger partial charge in [-0.05, 0) is 36.4 Å². The lowest BCUT2D eigenvalue weighted by Crippen LogP contribution is -2.29. The topological polar surface area (TPSA) is 97.6 Å². The first-order chi connectivity index (χ1) is 13.5. The zero-order valence-corrected chi connectivity index (χ0v) is 15.7. The van der Waals surface area contributed by atoms with Crippen molar-refractivity contribution >= 4 is 28.8 Å². The number of hydrogen-bond acceptors (Lipinski definition) is 7. The van der Waals surface area contributed by atoms with E-state index in [4.69, 9.17) is 9.15 Å². The molecule has 2 heterocycles. The highest BCUT2D eigenvalue weighted by atomic mass is 32.1. The molecule has 0 bridgehead atoms. The lowest BCUT2D eigenvalue weighted by Gasteiger charge is -2.15. The van der Waals surface area contributed by atoms with Crippen LogP contribution in [0.25, 0.3) is 0 Å². The van der Waals surface area contributed by atoms with E-state index in [9.17, 15) is 14.0 Å². The molecule has 0 spiro atoms. The van der Waals surface area contributed by atoms with Gasteiger partial charge in [-0.15, -0.1) is 10.2 Å². The minimum atomic E-state index is -0.454. The normalized spacial score (nSPS) is 10.6. The average molecular weight is 404 g/mol. The number of likely N-dealkylation sites (N-methyl/N-ethyl adjacent to an activating group) is 1. The Morgan fingerprint density at radius 3 is 2.75 bits per heavy atom. The molecule has 10 heteroatoms. The van der Waals surface area contributed by atoms with Gasteiger partial charge < -0.3 is 19.4 Å². The Labute approximate surface area is 163 Å². The van der Waals surface area contributed by atoms with Crippen molar-refractivity contribution in [3.63, 3.8) is 0 Å². The third-order valence-electron chi connectivity index (χ3n) is 3.61. The maximum atomic E-state index is 12.9. The summed E-state index contributed by atoms with van der Waals surface area (Å²) in [6.45, 7) is 0.275. The first-order valence-corrected chi connectivity index (χ1v) is 9.06. The van der Waals surface area contributed by atoms with Crippen LogP contribution in [0.2, 0.25) is 0 Å². The standard InChI is InChI=1S/C18H17FN4O4S/c1-23(9-14-3-2-8-27-14)16(24)11-26-10-15-21-22-18(28-15)17(25)20-13-6-4-12(19)5-7-13/h2-8H,9-11H2,1H3,(H,20,25). The molecule has 3 rings (SSSR count). The van der Waals surface area contributed by atoms with Crippen molar-refractivity contribution in [1.29, 1.82) is 0 Å². The zero-order valence-electron chi connectivity index (χ0n) is 14.9. The van der Waals surface area contributed by atoms with Gasteiger partial charge in [-0.2, -0.15) is 0 Å². The molecule has 0 aliphatic carbocycles. The second-order valence-corrected chi connectivity index (χ2v) is 6.85. The third kappa shape index (κ3) is 5.44. The molecule has 1 N–H and O–H groups in total. The lowest BCUT2D eigenvalue weighted by atomic mass is 10.3. The van der Waals surface area contributed by atoms with Crippen molar-refractivity contribution in [3.8, 4) is 0 Å². The van der Waals surface area contributed by atoms with Crippen LogP contribution < -0.4 is 5.32 Å². The molecule has 0 saturated carbocycles. The van der Waals surface area contributed by atoms with Crippen LogP contribution in [0.3, 0.4) is 0 Å². The van der Waals surface area contributed by atoms with Crippen LogP contribution in [0.1, 0.15) is 20.6 Å². The number of carbonyl (C=O) groups is 2. The number of carbonyl (C=O) groups excluding carboxylic acids is 2. The number of nitrogens with one attached hydrogen (secondary N) is 1. The number of halogens is 1. The quantitative estimate of drug-likeness (QED) is 0.620. The summed E-state index contributed by atoms with van der Waals surface area (Å²) in [5.41, 5.74) is 0.449. The van der Waals surface area contributed by atoms with E-state index in [1.807, 2.05) is 0 Å². The van der Waals surface area contributed by atoms with Crippen LogP contribution in [-0.4, -0.2) is 40.6 Å². The number of rotatable bonds is 8. The van der Waals surface area contributed by atoms with Gasteiger partial charge in [0, 0.05) is 12.7 Å². The molecule has 1 aromatic carbocycles. The highest BCUT2D eigenvalue weighted by molar-refractivity contribution is 7.13. The number of ether oxygens (including phenoxy) is 1. The number of furan rings is 1. The van der Waals surface area contributed by atoms with Gasteiger partial charge in [-0.1, -0.05) is 11.3 Å². The summed E-state index contributed by atoms with van der Waals surface area (Å²) in [7, 11) is 1.65. The molecule has 8 nitrogen and oxygen atoms in total. The molecule has 0 aliphatic rings. The Morgan fingerprint density at radius 2 is 2.04 bits per heavy atom. The molecule has 0 fully saturated rings. The number of aromatic nitrogens is 2. The van der Waals surface area contributed by atoms with Gasteiger partial charge in [-0.3, -0.25) is 9.59 Å². The smallest absolute Gasteiger partial charge is 0.286 e. The minimum absolute atomic E-state index is 0.0574. The summed E-state index contributed by atoms with van der Waals surface area (Å²) in [6.07, 6.45) is 1.55. The van der Waals surface area contributed by atoms with Gasteiger partial charge in [0.1, 0.15) is 29.8 Å². The van der Waals surface area contributed by atoms with Crippen molar-refractivity contribution in [3.05, 3.63) is 64.3 Å². The van der Waals surface area contributed by atoms with Gasteiger partial charge >= 0.3 is 0 Å². The Hall–Kier alpha value is -3.11. The number of benzene rings is 1. The summed E-state index contributed by atoms with van der Waals surface area (Å²) >= 11 is 1.05. The highest BCUT2D eigenvalue weighted by Gasteiger charge is 2.15. The maximum Gasteiger partial charge on any atom is 0.286 e. The highest BCUT2D eigenvalue weighted by Crippen LogP contribution is 2.15. The van der Waals surface area contributed by atoms with Crippen molar-refractivity contribution < 1.29 is 23.1 Å². The number of anilines is 1. The third-order valence-corrected chi connectivity index (χ3v) is 4.51. The average Bonchev–Trinajstić information content (AvgIpc) is 3.35. The van der Waals surface area contributed by atoms with E-state index >= 15 is 0 Å². The summed E-state index contributed by atoms with van der Waals surface area (Å²) < 4.78 is 23.4. The van der Waals surface area contributed by atoms with Gasteiger partial charge in [0.2, 0.25) is 10.9 Å². The Kier molecular flexibility index (Phi) is 6.45. The van der Waals surface area contributed by atoms with E-state index < -0.39 is 11.7 Å². The molecule has 0 aliphatic heterocycles. The summed E-state index contributed by atoms with van der Waals surface area (Å²) in [6, 6.07) is 8.92. The van der Waals surface area contributed by atoms with Crippen LogP contribution in [-0.2, 0) is 22.7 Å². The Bertz CT molecular complexity index is 927. The molecule has 3 aromatic rings. The molecule has 0 atom stereocenters. The Balaban J connectivity index is 1.44. The largest absolute Gasteiger partial charge is 0.467 e. The van der Waals surface area contributed by atoms with Gasteiger partial charge in [0.05, 0.1) is 12.8 Å². The molecule has 0 saturated heterocycles. The number of amides is 2. The van der Waals surface area contributed by atoms with E-state index in [0.717, 1.165) is 11.3 Å². The number of nitrogens with zero attached hydrogens (tertiary/aromatic N) is 3. The second kappa shape index (κ2) is 9.20. The Morgan fingerprint density at radius 1 is 1.25 bits per heavy atom. The fraction of sp³-hybridized carbons (Fsp3) is 0.222. The van der Waals surface area contributed by atoms with Crippen molar-refractivity contribution in [2.75, 3.05) is 19.0 Å². The van der Waals surface area contributed by atoms with E-state index in [-0.39, 0.29) is 24.1 Å². The summed E-state index contributed by atoms with van der Waals surface area (Å²) in [5.74, 6) is -0.380. The van der Waals surface area contributed by atoms with Crippen molar-refractivity contribution in [1.82, 2.24) is 15.1 Å². The minimum Gasteiger partial charge on any atom is -0.467 e. The molecule has 146 valence electrons. The van der Waals surface area contributed by atoms with Crippen molar-refractivity contribution in [2.45, 2.75) is 13.2 Å². The van der Waals surface area contributed by atoms with Crippen LogP contribution in [0.5, 0.6) is 0 Å². The molecule has 2 aromatic heterocycles. The van der Waals surface area contributed by atoms with Crippen LogP contribution in [0.4, 0.5) is 10.1 Å². The van der Waals surface area contributed by atoms with Gasteiger partial charge in [0.25, 0.3) is 5.91 Å². The predicted octanol–water partition coefficient (Wildman–Crippen LogP) is 2.70. The molecule has 0 radical (unpaired) electrons. The van der Waals surface area contributed by atoms with E-state index in [1.54, 1.807) is 25.4 Å². The first kappa shape index (κ1) is 19.6. The molecule has 0 unspecified atom stereocenters. The fourth-order valence-corrected chi connectivity index (χ4v) is 2.85. The fourth-order valence-electron chi connectivity index (χ4n) is 2.18. The van der Waals surface area contributed by atoms with Crippen LogP contribution >= 0.6 is 11.3 Å². The molecule has 28 heavy (non-hydrogen) atoms.